The van der Waals surface area contributed by atoms with Gasteiger partial charge >= 0.3 is 0 Å². The van der Waals surface area contributed by atoms with Gasteiger partial charge in [0.05, 0.1) is 4.75 Å². The van der Waals surface area contributed by atoms with Crippen LogP contribution < -0.4 is 0 Å². The zero-order valence-corrected chi connectivity index (χ0v) is 8.49. The first-order chi connectivity index (χ1) is 5.74. The van der Waals surface area contributed by atoms with Crippen molar-refractivity contribution in [2.75, 3.05) is 0 Å². The topological polar surface area (TPSA) is 40.9 Å². The molecule has 3 heteroatoms. The van der Waals surface area contributed by atoms with Gasteiger partial charge < -0.3 is 4.79 Å². The molecule has 0 fully saturated rings. The third-order valence-corrected chi connectivity index (χ3v) is 3.10. The number of thiocyanates is 1. The van der Waals surface area contributed by atoms with Crippen molar-refractivity contribution in [3.8, 4) is 5.40 Å². The second-order valence-corrected chi connectivity index (χ2v) is 4.03. The Kier molecular flexibility index (Phi) is 5.83. The number of nitriles is 1. The molecule has 0 aliphatic heterocycles. The van der Waals surface area contributed by atoms with Crippen molar-refractivity contribution in [1.82, 2.24) is 0 Å². The van der Waals surface area contributed by atoms with Gasteiger partial charge in [0.1, 0.15) is 11.7 Å². The van der Waals surface area contributed by atoms with Gasteiger partial charge in [-0.05, 0) is 24.6 Å². The summed E-state index contributed by atoms with van der Waals surface area (Å²) in [5, 5.41) is 10.5. The van der Waals surface area contributed by atoms with Crippen LogP contribution in [0.5, 0.6) is 0 Å². The van der Waals surface area contributed by atoms with Crippen molar-refractivity contribution in [3.05, 3.63) is 0 Å². The highest BCUT2D eigenvalue weighted by atomic mass is 32.2. The minimum absolute atomic E-state index is 0.440. The van der Waals surface area contributed by atoms with Crippen molar-refractivity contribution in [2.45, 2.75) is 44.3 Å². The van der Waals surface area contributed by atoms with E-state index in [4.69, 9.17) is 5.26 Å². The second-order valence-electron chi connectivity index (χ2n) is 2.83. The van der Waals surface area contributed by atoms with Crippen molar-refractivity contribution in [3.63, 3.8) is 0 Å². The van der Waals surface area contributed by atoms with Gasteiger partial charge in [0.25, 0.3) is 0 Å². The van der Waals surface area contributed by atoms with Crippen molar-refractivity contribution >= 4 is 18.0 Å². The van der Waals surface area contributed by atoms with Gasteiger partial charge in [-0.3, -0.25) is 0 Å². The van der Waals surface area contributed by atoms with Gasteiger partial charge in [0.2, 0.25) is 0 Å². The molecule has 0 aliphatic rings. The first-order valence-corrected chi connectivity index (χ1v) is 5.09. The summed E-state index contributed by atoms with van der Waals surface area (Å²) < 4.78 is -0.440. The summed E-state index contributed by atoms with van der Waals surface area (Å²) in [7, 11) is 0. The van der Waals surface area contributed by atoms with E-state index in [9.17, 15) is 4.79 Å². The molecule has 0 saturated carbocycles. The number of rotatable bonds is 6. The minimum Gasteiger partial charge on any atom is -0.302 e. The molecule has 0 aromatic rings. The van der Waals surface area contributed by atoms with E-state index in [1.807, 2.05) is 12.3 Å². The number of hydrogen-bond donors (Lipinski definition) is 0. The lowest BCUT2D eigenvalue weighted by Gasteiger charge is -2.21. The van der Waals surface area contributed by atoms with E-state index in [0.29, 0.717) is 0 Å². The Morgan fingerprint density at radius 3 is 2.58 bits per heavy atom. The third kappa shape index (κ3) is 3.27. The monoisotopic (exact) mass is 185 g/mol. The summed E-state index contributed by atoms with van der Waals surface area (Å²) in [6.07, 6.45) is 4.58. The molecule has 2 nitrogen and oxygen atoms in total. The van der Waals surface area contributed by atoms with Crippen molar-refractivity contribution in [2.24, 2.45) is 0 Å². The Labute approximate surface area is 78.3 Å². The molecule has 0 bridgehead atoms. The number of hydrogen-bond acceptors (Lipinski definition) is 3. The van der Waals surface area contributed by atoms with E-state index < -0.39 is 4.75 Å². The van der Waals surface area contributed by atoms with Gasteiger partial charge in [-0.15, -0.1) is 0 Å². The molecule has 1 atom stereocenters. The summed E-state index contributed by atoms with van der Waals surface area (Å²) in [5.41, 5.74) is 0. The molecule has 1 unspecified atom stereocenters. The zero-order valence-electron chi connectivity index (χ0n) is 7.67. The number of nitrogens with zero attached hydrogens (tertiary/aromatic N) is 1. The van der Waals surface area contributed by atoms with Crippen LogP contribution in [0, 0.1) is 10.7 Å². The third-order valence-electron chi connectivity index (χ3n) is 2.02. The van der Waals surface area contributed by atoms with E-state index in [1.54, 1.807) is 0 Å². The van der Waals surface area contributed by atoms with E-state index in [-0.39, 0.29) is 0 Å². The zero-order chi connectivity index (χ0) is 9.45. The summed E-state index contributed by atoms with van der Waals surface area (Å²) in [5.74, 6) is 0. The Morgan fingerprint density at radius 1 is 1.58 bits per heavy atom. The lowest BCUT2D eigenvalue weighted by atomic mass is 10.0. The predicted molar refractivity (Wildman–Crippen MR) is 51.8 cm³/mol. The smallest absolute Gasteiger partial charge is 0.137 e. The molecular weight excluding hydrogens is 170 g/mol. The number of carbonyl (C=O) groups is 1. The maximum atomic E-state index is 10.8. The molecule has 12 heavy (non-hydrogen) atoms. The molecule has 0 heterocycles. The van der Waals surface area contributed by atoms with Gasteiger partial charge in [-0.1, -0.05) is 26.7 Å². The average Bonchev–Trinajstić information content (AvgIpc) is 2.13. The van der Waals surface area contributed by atoms with Gasteiger partial charge in [-0.25, -0.2) is 0 Å². The van der Waals surface area contributed by atoms with E-state index >= 15 is 0 Å². The number of carbonyl (C=O) groups excluding carboxylic acids is 1. The van der Waals surface area contributed by atoms with Crippen LogP contribution in [-0.2, 0) is 4.79 Å². The quantitative estimate of drug-likeness (QED) is 0.472. The fourth-order valence-electron chi connectivity index (χ4n) is 1.03. The van der Waals surface area contributed by atoms with Crippen LogP contribution in [-0.4, -0.2) is 11.0 Å². The number of unbranched alkanes of at least 4 members (excludes halogenated alkanes) is 1. The molecule has 0 aliphatic carbocycles. The van der Waals surface area contributed by atoms with Crippen molar-refractivity contribution in [1.29, 1.82) is 5.26 Å². The van der Waals surface area contributed by atoms with Crippen LogP contribution in [0.3, 0.4) is 0 Å². The fraction of sp³-hybridized carbons (Fsp3) is 0.778. The van der Waals surface area contributed by atoms with Gasteiger partial charge in [0.15, 0.2) is 0 Å². The Bertz CT molecular complexity index is 176. The van der Waals surface area contributed by atoms with E-state index in [1.165, 1.54) is 0 Å². The lowest BCUT2D eigenvalue weighted by Crippen LogP contribution is -2.24. The highest BCUT2D eigenvalue weighted by Crippen LogP contribution is 2.31. The lowest BCUT2D eigenvalue weighted by molar-refractivity contribution is -0.110. The highest BCUT2D eigenvalue weighted by Gasteiger charge is 2.27. The largest absolute Gasteiger partial charge is 0.302 e. The highest BCUT2D eigenvalue weighted by molar-refractivity contribution is 8.05. The predicted octanol–water partition coefficient (Wildman–Crippen LogP) is 2.74. The minimum atomic E-state index is -0.440. The van der Waals surface area contributed by atoms with Crippen LogP contribution in [0.1, 0.15) is 39.5 Å². The molecule has 0 spiro atoms. The van der Waals surface area contributed by atoms with Crippen LogP contribution in [0.15, 0.2) is 0 Å². The van der Waals surface area contributed by atoms with Gasteiger partial charge in [-0.2, -0.15) is 5.26 Å². The van der Waals surface area contributed by atoms with Crippen LogP contribution in [0.2, 0.25) is 0 Å². The number of thioether (sulfide) groups is 1. The molecule has 0 radical (unpaired) electrons. The SMILES string of the molecule is CCCCC(C=O)(CC)SC#N. The van der Waals surface area contributed by atoms with Crippen LogP contribution in [0.25, 0.3) is 0 Å². The first-order valence-electron chi connectivity index (χ1n) is 4.28. The fourth-order valence-corrected chi connectivity index (χ4v) is 1.65. The molecule has 0 saturated heterocycles. The summed E-state index contributed by atoms with van der Waals surface area (Å²) >= 11 is 1.10. The van der Waals surface area contributed by atoms with Gasteiger partial charge in [0, 0.05) is 0 Å². The Morgan fingerprint density at radius 2 is 2.25 bits per heavy atom. The first kappa shape index (κ1) is 11.5. The summed E-state index contributed by atoms with van der Waals surface area (Å²) in [4.78, 5) is 10.8. The maximum absolute atomic E-state index is 10.8. The average molecular weight is 185 g/mol. The van der Waals surface area contributed by atoms with E-state index in [0.717, 1.165) is 43.7 Å². The Hall–Kier alpha value is -0.490. The van der Waals surface area contributed by atoms with Crippen LogP contribution in [0.4, 0.5) is 0 Å². The second kappa shape index (κ2) is 6.07. The van der Waals surface area contributed by atoms with Crippen molar-refractivity contribution < 1.29 is 4.79 Å². The number of aldehydes is 1. The Balaban J connectivity index is 4.16. The standard InChI is InChI=1S/C9H15NOS/c1-3-5-6-9(4-2,7-11)12-8-10/h7H,3-6H2,1-2H3. The molecule has 0 rings (SSSR count). The molecule has 0 aromatic heterocycles. The van der Waals surface area contributed by atoms with Crippen LogP contribution >= 0.6 is 11.8 Å². The van der Waals surface area contributed by atoms with E-state index in [2.05, 4.69) is 6.92 Å². The molecule has 0 amide bonds. The summed E-state index contributed by atoms with van der Waals surface area (Å²) in [6.45, 7) is 4.04. The molecule has 68 valence electrons. The maximum Gasteiger partial charge on any atom is 0.137 e. The molecule has 0 aromatic carbocycles. The molecular formula is C9H15NOS. The molecule has 0 N–H and O–H groups in total. The normalized spacial score (nSPS) is 14.8. The summed E-state index contributed by atoms with van der Waals surface area (Å²) in [6, 6.07) is 0.